The molecule has 0 bridgehead atoms. The van der Waals surface area contributed by atoms with Gasteiger partial charge >= 0.3 is 0 Å². The standard InChI is InChI=1S/C13H20N2O3S/c1-10(19(17)9-3-8-18-2)13(16)15-12-6-4-11(14)5-7-12/h4-7,10H,3,8-9,14H2,1-2H3,(H,15,16). The summed E-state index contributed by atoms with van der Waals surface area (Å²) in [5.41, 5.74) is 6.85. The zero-order valence-corrected chi connectivity index (χ0v) is 12.0. The van der Waals surface area contributed by atoms with Crippen LogP contribution in [0.3, 0.4) is 0 Å². The Hall–Kier alpha value is -1.40. The fourth-order valence-electron chi connectivity index (χ4n) is 1.45. The van der Waals surface area contributed by atoms with Crippen LogP contribution in [0, 0.1) is 0 Å². The maximum atomic E-state index is 11.9. The highest BCUT2D eigenvalue weighted by molar-refractivity contribution is 7.86. The lowest BCUT2D eigenvalue weighted by Crippen LogP contribution is -2.30. The van der Waals surface area contributed by atoms with Gasteiger partial charge in [-0.15, -0.1) is 0 Å². The first-order chi connectivity index (χ1) is 9.04. The average molecular weight is 284 g/mol. The van der Waals surface area contributed by atoms with E-state index in [1.165, 1.54) is 0 Å². The van der Waals surface area contributed by atoms with Crippen molar-refractivity contribution in [2.75, 3.05) is 30.5 Å². The quantitative estimate of drug-likeness (QED) is 0.585. The lowest BCUT2D eigenvalue weighted by molar-refractivity contribution is -0.115. The SMILES string of the molecule is COCCCS(=O)C(C)C(=O)Nc1ccc(N)cc1. The maximum absolute atomic E-state index is 11.9. The summed E-state index contributed by atoms with van der Waals surface area (Å²) >= 11 is 0. The number of ether oxygens (including phenoxy) is 1. The highest BCUT2D eigenvalue weighted by Crippen LogP contribution is 2.11. The van der Waals surface area contributed by atoms with Crippen molar-refractivity contribution in [1.82, 2.24) is 0 Å². The first kappa shape index (κ1) is 15.7. The monoisotopic (exact) mass is 284 g/mol. The second kappa shape index (κ2) is 7.91. The maximum Gasteiger partial charge on any atom is 0.239 e. The molecule has 1 aromatic rings. The molecular weight excluding hydrogens is 264 g/mol. The van der Waals surface area contributed by atoms with Crippen LogP contribution in [0.1, 0.15) is 13.3 Å². The van der Waals surface area contributed by atoms with Gasteiger partial charge in [0, 0.05) is 41.6 Å². The summed E-state index contributed by atoms with van der Waals surface area (Å²) in [5.74, 6) is 0.213. The predicted octanol–water partition coefficient (Wildman–Crippen LogP) is 1.38. The molecule has 0 saturated heterocycles. The second-order valence-corrected chi connectivity index (χ2v) is 6.06. The van der Waals surface area contributed by atoms with Gasteiger partial charge in [0.05, 0.1) is 0 Å². The van der Waals surface area contributed by atoms with Crippen molar-refractivity contribution in [3.63, 3.8) is 0 Å². The molecule has 0 fully saturated rings. The lowest BCUT2D eigenvalue weighted by atomic mass is 10.3. The van der Waals surface area contributed by atoms with Gasteiger partial charge < -0.3 is 15.8 Å². The Bertz CT molecular complexity index is 434. The van der Waals surface area contributed by atoms with Gasteiger partial charge in [-0.05, 0) is 37.6 Å². The summed E-state index contributed by atoms with van der Waals surface area (Å²) in [6, 6.07) is 6.84. The van der Waals surface area contributed by atoms with E-state index in [0.29, 0.717) is 30.2 Å². The number of anilines is 2. The smallest absolute Gasteiger partial charge is 0.239 e. The van der Waals surface area contributed by atoms with Crippen LogP contribution in [-0.2, 0) is 20.3 Å². The van der Waals surface area contributed by atoms with Crippen LogP contribution >= 0.6 is 0 Å². The van der Waals surface area contributed by atoms with Gasteiger partial charge in [0.1, 0.15) is 5.25 Å². The van der Waals surface area contributed by atoms with Crippen molar-refractivity contribution >= 4 is 28.1 Å². The van der Waals surface area contributed by atoms with Crippen molar-refractivity contribution in [2.45, 2.75) is 18.6 Å². The number of carbonyl (C=O) groups excluding carboxylic acids is 1. The van der Waals surface area contributed by atoms with Gasteiger partial charge in [0.25, 0.3) is 0 Å². The van der Waals surface area contributed by atoms with Crippen LogP contribution in [0.2, 0.25) is 0 Å². The van der Waals surface area contributed by atoms with Crippen LogP contribution in [-0.4, -0.2) is 34.8 Å². The summed E-state index contributed by atoms with van der Waals surface area (Å²) in [6.07, 6.45) is 0.683. The second-order valence-electron chi connectivity index (χ2n) is 4.18. The minimum absolute atomic E-state index is 0.250. The van der Waals surface area contributed by atoms with Gasteiger partial charge in [0.2, 0.25) is 5.91 Å². The van der Waals surface area contributed by atoms with Crippen molar-refractivity contribution < 1.29 is 13.7 Å². The van der Waals surface area contributed by atoms with E-state index in [9.17, 15) is 9.00 Å². The Morgan fingerprint density at radius 2 is 2.05 bits per heavy atom. The lowest BCUT2D eigenvalue weighted by Gasteiger charge is -2.12. The Kier molecular flexibility index (Phi) is 6.52. The highest BCUT2D eigenvalue weighted by atomic mass is 32.2. The number of amides is 1. The summed E-state index contributed by atoms with van der Waals surface area (Å²) in [7, 11) is 0.406. The Morgan fingerprint density at radius 1 is 1.42 bits per heavy atom. The third kappa shape index (κ3) is 5.40. The number of methoxy groups -OCH3 is 1. The molecule has 0 aliphatic rings. The Morgan fingerprint density at radius 3 is 2.63 bits per heavy atom. The molecule has 0 aromatic heterocycles. The van der Waals surface area contributed by atoms with Crippen molar-refractivity contribution in [3.8, 4) is 0 Å². The van der Waals surface area contributed by atoms with Gasteiger partial charge in [0.15, 0.2) is 0 Å². The molecule has 2 unspecified atom stereocenters. The predicted molar refractivity (Wildman–Crippen MR) is 78.4 cm³/mol. The van der Waals surface area contributed by atoms with Crippen LogP contribution in [0.25, 0.3) is 0 Å². The number of benzene rings is 1. The van der Waals surface area contributed by atoms with Crippen LogP contribution < -0.4 is 11.1 Å². The normalized spacial score (nSPS) is 13.8. The van der Waals surface area contributed by atoms with Crippen LogP contribution in [0.15, 0.2) is 24.3 Å². The number of hydrogen-bond acceptors (Lipinski definition) is 4. The fourth-order valence-corrected chi connectivity index (χ4v) is 2.51. The molecule has 5 nitrogen and oxygen atoms in total. The zero-order chi connectivity index (χ0) is 14.3. The molecule has 0 aliphatic carbocycles. The number of carbonyl (C=O) groups is 1. The van der Waals surface area contributed by atoms with E-state index in [2.05, 4.69) is 5.32 Å². The number of nitrogens with one attached hydrogen (secondary N) is 1. The van der Waals surface area contributed by atoms with Gasteiger partial charge in [-0.2, -0.15) is 0 Å². The van der Waals surface area contributed by atoms with E-state index in [4.69, 9.17) is 10.5 Å². The Balaban J connectivity index is 2.48. The molecule has 3 N–H and O–H groups in total. The summed E-state index contributed by atoms with van der Waals surface area (Å²) in [5, 5.41) is 2.17. The largest absolute Gasteiger partial charge is 0.399 e. The van der Waals surface area contributed by atoms with E-state index in [-0.39, 0.29) is 5.91 Å². The number of hydrogen-bond donors (Lipinski definition) is 2. The first-order valence-electron chi connectivity index (χ1n) is 6.07. The molecule has 0 aliphatic heterocycles. The minimum Gasteiger partial charge on any atom is -0.399 e. The molecule has 0 heterocycles. The molecule has 0 saturated carbocycles. The minimum atomic E-state index is -1.19. The topological polar surface area (TPSA) is 81.4 Å². The third-order valence-corrected chi connectivity index (χ3v) is 4.33. The highest BCUT2D eigenvalue weighted by Gasteiger charge is 2.19. The van der Waals surface area contributed by atoms with Crippen molar-refractivity contribution in [2.24, 2.45) is 0 Å². The van der Waals surface area contributed by atoms with E-state index in [1.54, 1.807) is 38.3 Å². The molecule has 1 rings (SSSR count). The number of rotatable bonds is 7. The summed E-state index contributed by atoms with van der Waals surface area (Å²) < 4.78 is 16.8. The molecule has 1 aromatic carbocycles. The molecule has 6 heteroatoms. The van der Waals surface area contributed by atoms with E-state index < -0.39 is 16.0 Å². The van der Waals surface area contributed by atoms with Crippen molar-refractivity contribution in [3.05, 3.63) is 24.3 Å². The summed E-state index contributed by atoms with van der Waals surface area (Å²) in [6.45, 7) is 2.22. The zero-order valence-electron chi connectivity index (χ0n) is 11.2. The molecule has 106 valence electrons. The number of nitrogen functional groups attached to an aromatic ring is 1. The number of nitrogens with two attached hydrogens (primary N) is 1. The molecule has 0 radical (unpaired) electrons. The molecule has 0 spiro atoms. The first-order valence-corrected chi connectivity index (χ1v) is 7.45. The van der Waals surface area contributed by atoms with E-state index in [0.717, 1.165) is 0 Å². The fraction of sp³-hybridized carbons (Fsp3) is 0.462. The van der Waals surface area contributed by atoms with Gasteiger partial charge in [-0.1, -0.05) is 0 Å². The average Bonchev–Trinajstić information content (AvgIpc) is 2.40. The van der Waals surface area contributed by atoms with Crippen LogP contribution in [0.5, 0.6) is 0 Å². The molecule has 19 heavy (non-hydrogen) atoms. The Labute approximate surface area is 116 Å². The third-order valence-electron chi connectivity index (χ3n) is 2.64. The molecule has 1 amide bonds. The molecule has 2 atom stereocenters. The van der Waals surface area contributed by atoms with E-state index >= 15 is 0 Å². The van der Waals surface area contributed by atoms with Gasteiger partial charge in [-0.3, -0.25) is 9.00 Å². The molecular formula is C13H20N2O3S. The van der Waals surface area contributed by atoms with Gasteiger partial charge in [-0.25, -0.2) is 0 Å². The van der Waals surface area contributed by atoms with E-state index in [1.807, 2.05) is 0 Å². The van der Waals surface area contributed by atoms with Crippen molar-refractivity contribution in [1.29, 1.82) is 0 Å². The van der Waals surface area contributed by atoms with Crippen LogP contribution in [0.4, 0.5) is 11.4 Å². The summed E-state index contributed by atoms with van der Waals surface area (Å²) in [4.78, 5) is 11.9.